The van der Waals surface area contributed by atoms with Gasteiger partial charge in [0.2, 0.25) is 5.91 Å². The highest BCUT2D eigenvalue weighted by molar-refractivity contribution is 5.81. The van der Waals surface area contributed by atoms with Gasteiger partial charge in [-0.15, -0.1) is 0 Å². The Balaban J connectivity index is 1.93. The van der Waals surface area contributed by atoms with Crippen molar-refractivity contribution in [2.24, 2.45) is 0 Å². The molecule has 0 aliphatic carbocycles. The molecule has 0 unspecified atom stereocenters. The molecule has 0 atom stereocenters. The molecule has 0 spiro atoms. The van der Waals surface area contributed by atoms with Gasteiger partial charge < -0.3 is 10.2 Å². The number of hydrogen-bond donors (Lipinski definition) is 1. The van der Waals surface area contributed by atoms with Gasteiger partial charge in [-0.05, 0) is 25.0 Å². The van der Waals surface area contributed by atoms with Crippen LogP contribution in [0, 0.1) is 11.6 Å². The van der Waals surface area contributed by atoms with E-state index < -0.39 is 11.6 Å². The zero-order valence-corrected chi connectivity index (χ0v) is 9.38. The number of anilines is 1. The number of likely N-dealkylation sites (tertiary alicyclic amines) is 1. The first-order chi connectivity index (χ1) is 8.18. The maximum absolute atomic E-state index is 13.3. The molecule has 0 radical (unpaired) electrons. The molecule has 92 valence electrons. The smallest absolute Gasteiger partial charge is 0.241 e. The van der Waals surface area contributed by atoms with Gasteiger partial charge in [0.25, 0.3) is 0 Å². The second-order valence-electron chi connectivity index (χ2n) is 4.04. The molecule has 5 heteroatoms. The monoisotopic (exact) mass is 240 g/mol. The first-order valence-electron chi connectivity index (χ1n) is 5.64. The topological polar surface area (TPSA) is 32.3 Å². The summed E-state index contributed by atoms with van der Waals surface area (Å²) in [6, 6.07) is 3.86. The van der Waals surface area contributed by atoms with Crippen molar-refractivity contribution in [3.63, 3.8) is 0 Å². The summed E-state index contributed by atoms with van der Waals surface area (Å²) in [5.74, 6) is -1.93. The predicted octanol–water partition coefficient (Wildman–Crippen LogP) is 2.00. The van der Waals surface area contributed by atoms with Gasteiger partial charge in [-0.3, -0.25) is 4.79 Å². The molecule has 1 N–H and O–H groups in total. The van der Waals surface area contributed by atoms with Crippen LogP contribution in [0.2, 0.25) is 0 Å². The third-order valence-electron chi connectivity index (χ3n) is 2.84. The van der Waals surface area contributed by atoms with Crippen molar-refractivity contribution in [2.45, 2.75) is 12.8 Å². The van der Waals surface area contributed by atoms with Gasteiger partial charge in [-0.25, -0.2) is 8.78 Å². The molecule has 1 fully saturated rings. The standard InChI is InChI=1S/C12H14F2N2O/c13-9-4-3-5-10(12(9)14)15-8-11(17)16-6-1-2-7-16/h3-5,15H,1-2,6-8H2. The fraction of sp³-hybridized carbons (Fsp3) is 0.417. The Morgan fingerprint density at radius 1 is 1.29 bits per heavy atom. The minimum absolute atomic E-state index is 0.000370. The lowest BCUT2D eigenvalue weighted by atomic mass is 10.3. The van der Waals surface area contributed by atoms with Crippen molar-refractivity contribution in [3.05, 3.63) is 29.8 Å². The van der Waals surface area contributed by atoms with Crippen molar-refractivity contribution in [1.29, 1.82) is 0 Å². The minimum atomic E-state index is -0.943. The van der Waals surface area contributed by atoms with Crippen LogP contribution in [0.4, 0.5) is 14.5 Å². The molecule has 1 aliphatic heterocycles. The van der Waals surface area contributed by atoms with Gasteiger partial charge in [0.1, 0.15) is 0 Å². The highest BCUT2D eigenvalue weighted by Crippen LogP contribution is 2.16. The lowest BCUT2D eigenvalue weighted by Crippen LogP contribution is -2.33. The predicted molar refractivity (Wildman–Crippen MR) is 60.7 cm³/mol. The summed E-state index contributed by atoms with van der Waals surface area (Å²) in [6.07, 6.45) is 2.03. The zero-order valence-electron chi connectivity index (χ0n) is 9.38. The molecule has 1 heterocycles. The van der Waals surface area contributed by atoms with Crippen molar-refractivity contribution < 1.29 is 13.6 Å². The molecule has 1 amide bonds. The van der Waals surface area contributed by atoms with E-state index in [1.165, 1.54) is 12.1 Å². The molecule has 0 saturated carbocycles. The molecule has 17 heavy (non-hydrogen) atoms. The number of rotatable bonds is 3. The SMILES string of the molecule is O=C(CNc1cccc(F)c1F)N1CCCC1. The molecule has 1 saturated heterocycles. The zero-order chi connectivity index (χ0) is 12.3. The fourth-order valence-corrected chi connectivity index (χ4v) is 1.89. The normalized spacial score (nSPS) is 15.1. The molecule has 1 aromatic carbocycles. The number of carbonyl (C=O) groups is 1. The quantitative estimate of drug-likeness (QED) is 0.876. The molecular weight excluding hydrogens is 226 g/mol. The van der Waals surface area contributed by atoms with E-state index in [1.54, 1.807) is 4.90 Å². The van der Waals surface area contributed by atoms with E-state index in [0.29, 0.717) is 0 Å². The van der Waals surface area contributed by atoms with Gasteiger partial charge in [-0.1, -0.05) is 6.07 Å². The van der Waals surface area contributed by atoms with E-state index in [1.807, 2.05) is 0 Å². The number of nitrogens with zero attached hydrogens (tertiary/aromatic N) is 1. The largest absolute Gasteiger partial charge is 0.374 e. The van der Waals surface area contributed by atoms with Crippen molar-refractivity contribution in [2.75, 3.05) is 25.0 Å². The lowest BCUT2D eigenvalue weighted by molar-refractivity contribution is -0.128. The van der Waals surface area contributed by atoms with E-state index in [9.17, 15) is 13.6 Å². The molecule has 1 aromatic rings. The number of nitrogens with one attached hydrogen (secondary N) is 1. The summed E-state index contributed by atoms with van der Waals surface area (Å²) in [6.45, 7) is 1.51. The molecule has 1 aliphatic rings. The Bertz CT molecular complexity index is 417. The average Bonchev–Trinajstić information content (AvgIpc) is 2.84. The van der Waals surface area contributed by atoms with Crippen LogP contribution in [-0.4, -0.2) is 30.4 Å². The molecule has 0 bridgehead atoms. The van der Waals surface area contributed by atoms with Crippen LogP contribution in [0.1, 0.15) is 12.8 Å². The number of halogens is 2. The minimum Gasteiger partial charge on any atom is -0.374 e. The summed E-state index contributed by atoms with van der Waals surface area (Å²) >= 11 is 0. The Morgan fingerprint density at radius 2 is 2.00 bits per heavy atom. The van der Waals surface area contributed by atoms with Gasteiger partial charge in [-0.2, -0.15) is 0 Å². The van der Waals surface area contributed by atoms with E-state index in [4.69, 9.17) is 0 Å². The van der Waals surface area contributed by atoms with Crippen LogP contribution >= 0.6 is 0 Å². The van der Waals surface area contributed by atoms with Crippen LogP contribution in [0.5, 0.6) is 0 Å². The summed E-state index contributed by atoms with van der Waals surface area (Å²) < 4.78 is 26.2. The fourth-order valence-electron chi connectivity index (χ4n) is 1.89. The number of benzene rings is 1. The third kappa shape index (κ3) is 2.72. The summed E-state index contributed by atoms with van der Waals surface area (Å²) in [5.41, 5.74) is 0.0255. The first kappa shape index (κ1) is 11.8. The highest BCUT2D eigenvalue weighted by atomic mass is 19.2. The lowest BCUT2D eigenvalue weighted by Gasteiger charge is -2.16. The Hall–Kier alpha value is -1.65. The Kier molecular flexibility index (Phi) is 3.56. The molecule has 2 rings (SSSR count). The van der Waals surface area contributed by atoms with E-state index >= 15 is 0 Å². The first-order valence-corrected chi connectivity index (χ1v) is 5.64. The van der Waals surface area contributed by atoms with Crippen LogP contribution in [0.15, 0.2) is 18.2 Å². The van der Waals surface area contributed by atoms with Crippen LogP contribution < -0.4 is 5.32 Å². The van der Waals surface area contributed by atoms with Crippen LogP contribution in [0.3, 0.4) is 0 Å². The van der Waals surface area contributed by atoms with Gasteiger partial charge in [0.15, 0.2) is 11.6 Å². The van der Waals surface area contributed by atoms with Crippen LogP contribution in [-0.2, 0) is 4.79 Å². The third-order valence-corrected chi connectivity index (χ3v) is 2.84. The number of hydrogen-bond acceptors (Lipinski definition) is 2. The Morgan fingerprint density at radius 3 is 2.71 bits per heavy atom. The van der Waals surface area contributed by atoms with Gasteiger partial charge in [0, 0.05) is 13.1 Å². The second-order valence-corrected chi connectivity index (χ2v) is 4.04. The van der Waals surface area contributed by atoms with E-state index in [0.717, 1.165) is 32.0 Å². The van der Waals surface area contributed by atoms with E-state index in [2.05, 4.69) is 5.32 Å². The average molecular weight is 240 g/mol. The van der Waals surface area contributed by atoms with E-state index in [-0.39, 0.29) is 18.1 Å². The van der Waals surface area contributed by atoms with Gasteiger partial charge in [0.05, 0.1) is 12.2 Å². The summed E-state index contributed by atoms with van der Waals surface area (Å²) in [5, 5.41) is 2.62. The second kappa shape index (κ2) is 5.12. The summed E-state index contributed by atoms with van der Waals surface area (Å²) in [4.78, 5) is 13.4. The van der Waals surface area contributed by atoms with Crippen molar-refractivity contribution >= 4 is 11.6 Å². The number of amides is 1. The van der Waals surface area contributed by atoms with Gasteiger partial charge >= 0.3 is 0 Å². The van der Waals surface area contributed by atoms with Crippen molar-refractivity contribution in [3.8, 4) is 0 Å². The Labute approximate surface area is 98.4 Å². The molecule has 3 nitrogen and oxygen atoms in total. The molecular formula is C12H14F2N2O. The van der Waals surface area contributed by atoms with Crippen molar-refractivity contribution in [1.82, 2.24) is 4.90 Å². The maximum Gasteiger partial charge on any atom is 0.241 e. The summed E-state index contributed by atoms with van der Waals surface area (Å²) in [7, 11) is 0. The molecule has 0 aromatic heterocycles. The number of carbonyl (C=O) groups excluding carboxylic acids is 1. The maximum atomic E-state index is 13.3. The van der Waals surface area contributed by atoms with Crippen LogP contribution in [0.25, 0.3) is 0 Å². The highest BCUT2D eigenvalue weighted by Gasteiger charge is 2.18.